The zero-order valence-electron chi connectivity index (χ0n) is 10.4. The van der Waals surface area contributed by atoms with E-state index in [0.717, 1.165) is 10.2 Å². The lowest BCUT2D eigenvalue weighted by Crippen LogP contribution is -2.30. The predicted molar refractivity (Wildman–Crippen MR) is 74.6 cm³/mol. The van der Waals surface area contributed by atoms with Gasteiger partial charge in [0.05, 0.1) is 10.4 Å². The van der Waals surface area contributed by atoms with Crippen LogP contribution in [0, 0.1) is 0 Å². The Morgan fingerprint density at radius 3 is 2.72 bits per heavy atom. The van der Waals surface area contributed by atoms with Gasteiger partial charge in [-0.2, -0.15) is 0 Å². The number of hydrogen-bond acceptors (Lipinski definition) is 4. The first-order chi connectivity index (χ1) is 8.52. The second-order valence-electron chi connectivity index (χ2n) is 3.75. The Labute approximate surface area is 119 Å². The summed E-state index contributed by atoms with van der Waals surface area (Å²) >= 11 is 5.05. The van der Waals surface area contributed by atoms with Gasteiger partial charge in [-0.3, -0.25) is 9.59 Å². The third-order valence-corrected chi connectivity index (χ3v) is 4.03. The van der Waals surface area contributed by atoms with E-state index in [1.165, 1.54) is 4.88 Å². The van der Waals surface area contributed by atoms with Gasteiger partial charge < -0.3 is 9.64 Å². The minimum absolute atomic E-state index is 0.182. The van der Waals surface area contributed by atoms with Crippen LogP contribution >= 0.6 is 27.3 Å². The fourth-order valence-electron chi connectivity index (χ4n) is 1.36. The summed E-state index contributed by atoms with van der Waals surface area (Å²) < 4.78 is 5.82. The molecule has 1 rings (SSSR count). The fraction of sp³-hybridized carbons (Fsp3) is 0.500. The first-order valence-electron chi connectivity index (χ1n) is 5.66. The average molecular weight is 334 g/mol. The zero-order chi connectivity index (χ0) is 13.5. The van der Waals surface area contributed by atoms with Crippen molar-refractivity contribution in [1.82, 2.24) is 4.90 Å². The SMILES string of the molecule is CCOC(=O)CC(=O)N(C)CCc1ccc(Br)s1. The molecule has 0 atom stereocenters. The van der Waals surface area contributed by atoms with Crippen molar-refractivity contribution < 1.29 is 14.3 Å². The van der Waals surface area contributed by atoms with E-state index in [0.29, 0.717) is 13.2 Å². The van der Waals surface area contributed by atoms with Crippen LogP contribution in [0.1, 0.15) is 18.2 Å². The van der Waals surface area contributed by atoms with Crippen LogP contribution < -0.4 is 0 Å². The Morgan fingerprint density at radius 2 is 2.17 bits per heavy atom. The maximum atomic E-state index is 11.7. The third kappa shape index (κ3) is 5.18. The lowest BCUT2D eigenvalue weighted by molar-refractivity contribution is -0.148. The fourth-order valence-corrected chi connectivity index (χ4v) is 2.83. The topological polar surface area (TPSA) is 46.6 Å². The Hall–Kier alpha value is -0.880. The number of carbonyl (C=O) groups excluding carboxylic acids is 2. The van der Waals surface area contributed by atoms with E-state index < -0.39 is 5.97 Å². The van der Waals surface area contributed by atoms with Gasteiger partial charge in [-0.15, -0.1) is 11.3 Å². The van der Waals surface area contributed by atoms with Gasteiger partial charge in [0, 0.05) is 18.5 Å². The van der Waals surface area contributed by atoms with Crippen LogP contribution in [-0.4, -0.2) is 37.0 Å². The number of nitrogens with zero attached hydrogens (tertiary/aromatic N) is 1. The summed E-state index contributed by atoms with van der Waals surface area (Å²) in [7, 11) is 1.70. The van der Waals surface area contributed by atoms with E-state index in [-0.39, 0.29) is 12.3 Å². The van der Waals surface area contributed by atoms with E-state index in [2.05, 4.69) is 15.9 Å². The van der Waals surface area contributed by atoms with Crippen LogP contribution in [-0.2, 0) is 20.7 Å². The second kappa shape index (κ2) is 7.53. The Kier molecular flexibility index (Phi) is 6.35. The molecule has 1 amide bonds. The third-order valence-electron chi connectivity index (χ3n) is 2.35. The molecule has 0 unspecified atom stereocenters. The van der Waals surface area contributed by atoms with Crippen molar-refractivity contribution in [2.75, 3.05) is 20.2 Å². The van der Waals surface area contributed by atoms with Gasteiger partial charge in [-0.25, -0.2) is 0 Å². The molecule has 0 saturated heterocycles. The largest absolute Gasteiger partial charge is 0.466 e. The van der Waals surface area contributed by atoms with Gasteiger partial charge >= 0.3 is 5.97 Å². The van der Waals surface area contributed by atoms with Gasteiger partial charge in [0.25, 0.3) is 0 Å². The minimum atomic E-state index is -0.465. The van der Waals surface area contributed by atoms with E-state index in [1.807, 2.05) is 12.1 Å². The molecule has 0 aliphatic carbocycles. The number of rotatable bonds is 6. The molecule has 6 heteroatoms. The second-order valence-corrected chi connectivity index (χ2v) is 6.30. The summed E-state index contributed by atoms with van der Waals surface area (Å²) in [5.74, 6) is -0.669. The van der Waals surface area contributed by atoms with Crippen molar-refractivity contribution >= 4 is 39.1 Å². The molecule has 18 heavy (non-hydrogen) atoms. The molecule has 1 aromatic heterocycles. The van der Waals surface area contributed by atoms with Gasteiger partial charge in [0.15, 0.2) is 0 Å². The van der Waals surface area contributed by atoms with Crippen molar-refractivity contribution in [2.45, 2.75) is 19.8 Å². The molecule has 1 aromatic rings. The zero-order valence-corrected chi connectivity index (χ0v) is 12.8. The number of ether oxygens (including phenoxy) is 1. The highest BCUT2D eigenvalue weighted by Gasteiger charge is 2.14. The van der Waals surface area contributed by atoms with Crippen molar-refractivity contribution in [1.29, 1.82) is 0 Å². The highest BCUT2D eigenvalue weighted by molar-refractivity contribution is 9.11. The smallest absolute Gasteiger partial charge is 0.315 e. The number of esters is 1. The number of likely N-dealkylation sites (N-methyl/N-ethyl adjacent to an activating group) is 1. The first kappa shape index (κ1) is 15.2. The van der Waals surface area contributed by atoms with Gasteiger partial charge in [0.2, 0.25) is 5.91 Å². The molecule has 0 N–H and O–H groups in total. The van der Waals surface area contributed by atoms with Crippen LogP contribution in [0.15, 0.2) is 15.9 Å². The van der Waals surface area contributed by atoms with Crippen LogP contribution in [0.3, 0.4) is 0 Å². The van der Waals surface area contributed by atoms with Gasteiger partial charge in [-0.05, 0) is 41.4 Å². The van der Waals surface area contributed by atoms with Crippen molar-refractivity contribution in [3.63, 3.8) is 0 Å². The molecular weight excluding hydrogens is 318 g/mol. The average Bonchev–Trinajstić information content (AvgIpc) is 2.72. The van der Waals surface area contributed by atoms with E-state index >= 15 is 0 Å². The van der Waals surface area contributed by atoms with Crippen LogP contribution in [0.25, 0.3) is 0 Å². The summed E-state index contributed by atoms with van der Waals surface area (Å²) in [6.07, 6.45) is 0.611. The summed E-state index contributed by atoms with van der Waals surface area (Å²) in [5, 5.41) is 0. The van der Waals surface area contributed by atoms with E-state index in [4.69, 9.17) is 4.74 Å². The Morgan fingerprint density at radius 1 is 1.44 bits per heavy atom. The molecule has 100 valence electrons. The number of thiophene rings is 1. The number of carbonyl (C=O) groups is 2. The molecule has 0 saturated carbocycles. The molecule has 0 bridgehead atoms. The van der Waals surface area contributed by atoms with Crippen molar-refractivity contribution in [3.05, 3.63) is 20.8 Å². The maximum Gasteiger partial charge on any atom is 0.315 e. The monoisotopic (exact) mass is 333 g/mol. The van der Waals surface area contributed by atoms with Crippen LogP contribution in [0.5, 0.6) is 0 Å². The quantitative estimate of drug-likeness (QED) is 0.593. The molecule has 0 aliphatic rings. The van der Waals surface area contributed by atoms with Crippen LogP contribution in [0.2, 0.25) is 0 Å². The van der Waals surface area contributed by atoms with Crippen molar-refractivity contribution in [3.8, 4) is 0 Å². The summed E-state index contributed by atoms with van der Waals surface area (Å²) in [6, 6.07) is 4.01. The molecule has 4 nitrogen and oxygen atoms in total. The van der Waals surface area contributed by atoms with Gasteiger partial charge in [0.1, 0.15) is 6.42 Å². The van der Waals surface area contributed by atoms with Crippen LogP contribution in [0.4, 0.5) is 0 Å². The Balaban J connectivity index is 2.33. The van der Waals surface area contributed by atoms with E-state index in [1.54, 1.807) is 30.2 Å². The number of halogens is 1. The molecule has 0 radical (unpaired) electrons. The van der Waals surface area contributed by atoms with Crippen molar-refractivity contribution in [2.24, 2.45) is 0 Å². The highest BCUT2D eigenvalue weighted by atomic mass is 79.9. The van der Waals surface area contributed by atoms with E-state index in [9.17, 15) is 9.59 Å². The normalized spacial score (nSPS) is 10.2. The maximum absolute atomic E-state index is 11.7. The lowest BCUT2D eigenvalue weighted by atomic mass is 10.3. The predicted octanol–water partition coefficient (Wildman–Crippen LogP) is 2.46. The molecule has 1 heterocycles. The number of amides is 1. The molecular formula is C12H16BrNO3S. The highest BCUT2D eigenvalue weighted by Crippen LogP contribution is 2.22. The summed E-state index contributed by atoms with van der Waals surface area (Å²) in [6.45, 7) is 2.63. The number of hydrogen-bond donors (Lipinski definition) is 0. The Bertz CT molecular complexity index is 419. The molecule has 0 aromatic carbocycles. The first-order valence-corrected chi connectivity index (χ1v) is 7.27. The summed E-state index contributed by atoms with van der Waals surface area (Å²) in [5.41, 5.74) is 0. The molecule has 0 spiro atoms. The molecule has 0 aliphatic heterocycles. The van der Waals surface area contributed by atoms with Gasteiger partial charge in [-0.1, -0.05) is 0 Å². The summed E-state index contributed by atoms with van der Waals surface area (Å²) in [4.78, 5) is 25.6. The minimum Gasteiger partial charge on any atom is -0.466 e. The standard InChI is InChI=1S/C12H16BrNO3S/c1-3-17-12(16)8-11(15)14(2)7-6-9-4-5-10(13)18-9/h4-5H,3,6-8H2,1-2H3. The molecule has 0 fully saturated rings. The lowest BCUT2D eigenvalue weighted by Gasteiger charge is -2.16.